The van der Waals surface area contributed by atoms with Crippen molar-refractivity contribution in [1.29, 1.82) is 0 Å². The lowest BCUT2D eigenvalue weighted by Crippen LogP contribution is -2.40. The van der Waals surface area contributed by atoms with Crippen LogP contribution in [0.4, 0.5) is 10.6 Å². The fourth-order valence-electron chi connectivity index (χ4n) is 3.24. The number of hydrogen-bond donors (Lipinski definition) is 1. The number of hydrogen-bond acceptors (Lipinski definition) is 5. The summed E-state index contributed by atoms with van der Waals surface area (Å²) in [5.74, 6) is 1.22. The summed E-state index contributed by atoms with van der Waals surface area (Å²) in [7, 11) is 3.40. The molecule has 0 saturated carbocycles. The second-order valence-electron chi connectivity index (χ2n) is 8.12. The van der Waals surface area contributed by atoms with Crippen molar-refractivity contribution in [3.63, 3.8) is 0 Å². The third-order valence-corrected chi connectivity index (χ3v) is 4.63. The molecule has 1 aromatic carbocycles. The summed E-state index contributed by atoms with van der Waals surface area (Å²) in [5.41, 5.74) is 2.08. The molecule has 1 aliphatic rings. The van der Waals surface area contributed by atoms with Gasteiger partial charge in [0.1, 0.15) is 17.2 Å². The first-order valence-corrected chi connectivity index (χ1v) is 9.61. The van der Waals surface area contributed by atoms with E-state index in [0.29, 0.717) is 25.3 Å². The zero-order valence-electron chi connectivity index (χ0n) is 17.6. The second kappa shape index (κ2) is 8.14. The zero-order chi connectivity index (χ0) is 21.2. The van der Waals surface area contributed by atoms with Gasteiger partial charge in [-0.3, -0.25) is 9.48 Å². The van der Waals surface area contributed by atoms with Crippen molar-refractivity contribution < 1.29 is 19.1 Å². The molecular formula is C21H28N4O4. The molecule has 1 aliphatic heterocycles. The number of carbonyl (C=O) groups excluding carboxylic acids is 2. The minimum absolute atomic E-state index is 0.143. The number of nitrogens with one attached hydrogen (secondary N) is 1. The highest BCUT2D eigenvalue weighted by Gasteiger charge is 2.30. The Morgan fingerprint density at radius 3 is 2.52 bits per heavy atom. The average molecular weight is 400 g/mol. The Hall–Kier alpha value is -3.03. The minimum atomic E-state index is -0.554. The van der Waals surface area contributed by atoms with Gasteiger partial charge in [-0.2, -0.15) is 5.10 Å². The van der Waals surface area contributed by atoms with E-state index in [1.165, 1.54) is 0 Å². The number of rotatable bonds is 4. The molecule has 0 unspecified atom stereocenters. The van der Waals surface area contributed by atoms with Crippen LogP contribution in [0.2, 0.25) is 0 Å². The van der Waals surface area contributed by atoms with Crippen molar-refractivity contribution in [1.82, 2.24) is 14.7 Å². The van der Waals surface area contributed by atoms with Crippen molar-refractivity contribution in [3.05, 3.63) is 41.1 Å². The summed E-state index contributed by atoms with van der Waals surface area (Å²) in [6, 6.07) is 7.38. The summed E-state index contributed by atoms with van der Waals surface area (Å²) in [4.78, 5) is 26.7. The molecule has 0 atom stereocenters. The van der Waals surface area contributed by atoms with Crippen LogP contribution in [0.3, 0.4) is 0 Å². The third kappa shape index (κ3) is 5.07. The van der Waals surface area contributed by atoms with Crippen molar-refractivity contribution in [2.24, 2.45) is 7.05 Å². The molecule has 0 fully saturated rings. The molecule has 1 aromatic heterocycles. The lowest BCUT2D eigenvalue weighted by atomic mass is 10.1. The van der Waals surface area contributed by atoms with Crippen LogP contribution in [-0.2, 0) is 36.0 Å². The van der Waals surface area contributed by atoms with Crippen molar-refractivity contribution in [2.45, 2.75) is 45.8 Å². The Kier molecular flexibility index (Phi) is 5.81. The molecule has 8 nitrogen and oxygen atoms in total. The first-order chi connectivity index (χ1) is 13.7. The molecule has 2 amide bonds. The molecule has 2 aromatic rings. The third-order valence-electron chi connectivity index (χ3n) is 4.63. The van der Waals surface area contributed by atoms with Crippen molar-refractivity contribution >= 4 is 17.8 Å². The molecule has 0 radical (unpaired) electrons. The summed E-state index contributed by atoms with van der Waals surface area (Å²) >= 11 is 0. The molecule has 0 aliphatic carbocycles. The molecule has 0 saturated heterocycles. The number of methoxy groups -OCH3 is 1. The number of carbonyl (C=O) groups is 2. The van der Waals surface area contributed by atoms with Gasteiger partial charge in [0.2, 0.25) is 5.91 Å². The summed E-state index contributed by atoms with van der Waals surface area (Å²) in [6.45, 7) is 6.42. The van der Waals surface area contributed by atoms with Crippen LogP contribution in [0.5, 0.6) is 5.75 Å². The monoisotopic (exact) mass is 400 g/mol. The van der Waals surface area contributed by atoms with Gasteiger partial charge in [0, 0.05) is 25.6 Å². The molecule has 0 bridgehead atoms. The molecule has 29 heavy (non-hydrogen) atoms. The van der Waals surface area contributed by atoms with Gasteiger partial charge < -0.3 is 19.7 Å². The smallest absolute Gasteiger partial charge is 0.410 e. The van der Waals surface area contributed by atoms with E-state index in [-0.39, 0.29) is 18.4 Å². The van der Waals surface area contributed by atoms with Crippen LogP contribution >= 0.6 is 0 Å². The van der Waals surface area contributed by atoms with E-state index < -0.39 is 5.60 Å². The van der Waals surface area contributed by atoms with Crippen LogP contribution < -0.4 is 10.1 Å². The maximum atomic E-state index is 12.6. The first kappa shape index (κ1) is 20.7. The van der Waals surface area contributed by atoms with E-state index in [4.69, 9.17) is 9.47 Å². The fourth-order valence-corrected chi connectivity index (χ4v) is 3.24. The summed E-state index contributed by atoms with van der Waals surface area (Å²) in [5, 5.41) is 7.46. The number of nitrogens with zero attached hydrogens (tertiary/aromatic N) is 3. The summed E-state index contributed by atoms with van der Waals surface area (Å²) < 4.78 is 12.3. The van der Waals surface area contributed by atoms with Crippen LogP contribution in [0.25, 0.3) is 0 Å². The molecule has 0 spiro atoms. The number of aryl methyl sites for hydroxylation is 1. The Morgan fingerprint density at radius 1 is 1.21 bits per heavy atom. The Balaban J connectivity index is 1.70. The van der Waals surface area contributed by atoms with E-state index in [1.54, 1.807) is 23.7 Å². The topological polar surface area (TPSA) is 85.7 Å². The predicted molar refractivity (Wildman–Crippen MR) is 109 cm³/mol. The van der Waals surface area contributed by atoms with Gasteiger partial charge in [-0.1, -0.05) is 12.1 Å². The number of benzene rings is 1. The normalized spacial score (nSPS) is 13.6. The van der Waals surface area contributed by atoms with Gasteiger partial charge in [0.15, 0.2) is 0 Å². The largest absolute Gasteiger partial charge is 0.497 e. The minimum Gasteiger partial charge on any atom is -0.497 e. The van der Waals surface area contributed by atoms with Crippen LogP contribution in [-0.4, -0.2) is 45.9 Å². The quantitative estimate of drug-likeness (QED) is 0.853. The van der Waals surface area contributed by atoms with Crippen molar-refractivity contribution in [3.8, 4) is 5.75 Å². The van der Waals surface area contributed by atoms with Crippen LogP contribution in [0, 0.1) is 0 Å². The lowest BCUT2D eigenvalue weighted by molar-refractivity contribution is -0.115. The molecule has 1 N–H and O–H groups in total. The van der Waals surface area contributed by atoms with Gasteiger partial charge in [0.25, 0.3) is 0 Å². The number of aromatic nitrogens is 2. The standard InChI is InChI=1S/C21H28N4O4/c1-21(2,3)29-20(27)25-11-10-17-16(13-25)19(24(4)23-17)22-18(26)12-14-6-8-15(28-5)9-7-14/h6-9H,10-13H2,1-5H3,(H,22,26). The van der Waals surface area contributed by atoms with Gasteiger partial charge in [-0.25, -0.2) is 4.79 Å². The van der Waals surface area contributed by atoms with E-state index in [0.717, 1.165) is 22.6 Å². The average Bonchev–Trinajstić information content (AvgIpc) is 2.95. The first-order valence-electron chi connectivity index (χ1n) is 9.61. The fraction of sp³-hybridized carbons (Fsp3) is 0.476. The Labute approximate surface area is 170 Å². The maximum Gasteiger partial charge on any atom is 0.410 e. The van der Waals surface area contributed by atoms with Gasteiger partial charge in [0.05, 0.1) is 25.8 Å². The van der Waals surface area contributed by atoms with E-state index in [2.05, 4.69) is 10.4 Å². The van der Waals surface area contributed by atoms with Crippen molar-refractivity contribution in [2.75, 3.05) is 19.0 Å². The zero-order valence-corrected chi connectivity index (χ0v) is 17.6. The van der Waals surface area contributed by atoms with E-state index >= 15 is 0 Å². The number of amides is 2. The maximum absolute atomic E-state index is 12.6. The van der Waals surface area contributed by atoms with Gasteiger partial charge in [-0.05, 0) is 38.5 Å². The van der Waals surface area contributed by atoms with Gasteiger partial charge in [-0.15, -0.1) is 0 Å². The van der Waals surface area contributed by atoms with E-state index in [9.17, 15) is 9.59 Å². The molecule has 156 valence electrons. The molecule has 8 heteroatoms. The molecule has 3 rings (SSSR count). The highest BCUT2D eigenvalue weighted by molar-refractivity contribution is 5.92. The van der Waals surface area contributed by atoms with Crippen LogP contribution in [0.15, 0.2) is 24.3 Å². The van der Waals surface area contributed by atoms with E-state index in [1.807, 2.05) is 45.0 Å². The number of ether oxygens (including phenoxy) is 2. The SMILES string of the molecule is COc1ccc(CC(=O)Nc2c3c(nn2C)CCN(C(=O)OC(C)(C)C)C3)cc1. The van der Waals surface area contributed by atoms with Gasteiger partial charge >= 0.3 is 6.09 Å². The van der Waals surface area contributed by atoms with Crippen LogP contribution in [0.1, 0.15) is 37.6 Å². The highest BCUT2D eigenvalue weighted by Crippen LogP contribution is 2.27. The predicted octanol–water partition coefficient (Wildman–Crippen LogP) is 2.90. The Bertz CT molecular complexity index is 897. The Morgan fingerprint density at radius 2 is 1.90 bits per heavy atom. The second-order valence-corrected chi connectivity index (χ2v) is 8.12. The molecule has 2 heterocycles. The number of fused-ring (bicyclic) bond motifs is 1. The highest BCUT2D eigenvalue weighted by atomic mass is 16.6. The molecular weight excluding hydrogens is 372 g/mol. The lowest BCUT2D eigenvalue weighted by Gasteiger charge is -2.29. The summed E-state index contributed by atoms with van der Waals surface area (Å²) in [6.07, 6.45) is 0.499. The number of anilines is 1.